The number of hydrazine groups is 1. The molecular formula is C10H12F2N2. The van der Waals surface area contributed by atoms with Crippen LogP contribution in [-0.2, 0) is 0 Å². The van der Waals surface area contributed by atoms with Gasteiger partial charge in [-0.15, -0.1) is 0 Å². The summed E-state index contributed by atoms with van der Waals surface area (Å²) < 4.78 is 26.0. The van der Waals surface area contributed by atoms with E-state index in [1.807, 2.05) is 0 Å². The minimum absolute atomic E-state index is 0.101. The molecule has 0 saturated carbocycles. The Hall–Kier alpha value is -1.00. The van der Waals surface area contributed by atoms with Gasteiger partial charge in [0.2, 0.25) is 0 Å². The summed E-state index contributed by atoms with van der Waals surface area (Å²) in [4.78, 5) is 0. The summed E-state index contributed by atoms with van der Waals surface area (Å²) in [6.45, 7) is 0.765. The van der Waals surface area contributed by atoms with Crippen molar-refractivity contribution in [3.63, 3.8) is 0 Å². The summed E-state index contributed by atoms with van der Waals surface area (Å²) in [6.07, 6.45) is 1.79. The molecular weight excluding hydrogens is 186 g/mol. The monoisotopic (exact) mass is 198 g/mol. The van der Waals surface area contributed by atoms with E-state index in [2.05, 4.69) is 0 Å². The normalized spacial score (nSPS) is 22.9. The molecule has 0 radical (unpaired) electrons. The van der Waals surface area contributed by atoms with Gasteiger partial charge in [0.05, 0.1) is 6.04 Å². The van der Waals surface area contributed by atoms with Gasteiger partial charge in [-0.2, -0.15) is 0 Å². The van der Waals surface area contributed by atoms with Crippen LogP contribution in [0.3, 0.4) is 0 Å². The smallest absolute Gasteiger partial charge is 0.130 e. The van der Waals surface area contributed by atoms with Gasteiger partial charge in [-0.1, -0.05) is 6.07 Å². The molecule has 1 heterocycles. The molecule has 14 heavy (non-hydrogen) atoms. The first-order valence-corrected chi connectivity index (χ1v) is 4.65. The Balaban J connectivity index is 2.31. The standard InChI is InChI=1S/C10H12F2N2/c11-7-3-4-8(9(12)6-7)10-2-1-5-14(10)13/h3-4,6,10H,1-2,5,13H2. The van der Waals surface area contributed by atoms with E-state index in [4.69, 9.17) is 5.84 Å². The Bertz CT molecular complexity index is 341. The number of halogens is 2. The van der Waals surface area contributed by atoms with Crippen molar-refractivity contribution in [2.75, 3.05) is 6.54 Å². The molecule has 1 atom stereocenters. The van der Waals surface area contributed by atoms with Crippen LogP contribution in [0.15, 0.2) is 18.2 Å². The van der Waals surface area contributed by atoms with Gasteiger partial charge in [0, 0.05) is 18.2 Å². The van der Waals surface area contributed by atoms with Gasteiger partial charge in [-0.3, -0.25) is 5.84 Å². The van der Waals surface area contributed by atoms with Gasteiger partial charge in [0.25, 0.3) is 0 Å². The van der Waals surface area contributed by atoms with Gasteiger partial charge in [0.15, 0.2) is 0 Å². The van der Waals surface area contributed by atoms with E-state index in [9.17, 15) is 8.78 Å². The van der Waals surface area contributed by atoms with Crippen LogP contribution in [0.2, 0.25) is 0 Å². The van der Waals surface area contributed by atoms with Crippen molar-refractivity contribution in [3.8, 4) is 0 Å². The van der Waals surface area contributed by atoms with Gasteiger partial charge in [0.1, 0.15) is 11.6 Å². The molecule has 2 N–H and O–H groups in total. The van der Waals surface area contributed by atoms with Crippen LogP contribution >= 0.6 is 0 Å². The third-order valence-electron chi connectivity index (χ3n) is 2.62. The topological polar surface area (TPSA) is 29.3 Å². The van der Waals surface area contributed by atoms with E-state index in [-0.39, 0.29) is 6.04 Å². The van der Waals surface area contributed by atoms with Crippen LogP contribution in [0.25, 0.3) is 0 Å². The third kappa shape index (κ3) is 1.63. The van der Waals surface area contributed by atoms with Crippen LogP contribution < -0.4 is 5.84 Å². The average Bonchev–Trinajstić information content (AvgIpc) is 2.52. The fourth-order valence-corrected chi connectivity index (χ4v) is 1.89. The summed E-state index contributed by atoms with van der Waals surface area (Å²) in [6, 6.07) is 3.54. The highest BCUT2D eigenvalue weighted by Gasteiger charge is 2.25. The summed E-state index contributed by atoms with van der Waals surface area (Å²) in [7, 11) is 0. The lowest BCUT2D eigenvalue weighted by Gasteiger charge is -2.19. The molecule has 1 saturated heterocycles. The molecule has 0 spiro atoms. The van der Waals surface area contributed by atoms with Crippen molar-refractivity contribution in [3.05, 3.63) is 35.4 Å². The molecule has 1 fully saturated rings. The Morgan fingerprint density at radius 1 is 1.36 bits per heavy atom. The van der Waals surface area contributed by atoms with Gasteiger partial charge in [-0.05, 0) is 18.9 Å². The first kappa shape index (κ1) is 9.55. The number of nitrogens with two attached hydrogens (primary N) is 1. The lowest BCUT2D eigenvalue weighted by molar-refractivity contribution is 0.260. The Labute approximate surface area is 81.3 Å². The largest absolute Gasteiger partial charge is 0.268 e. The maximum Gasteiger partial charge on any atom is 0.130 e. The van der Waals surface area contributed by atoms with Crippen molar-refractivity contribution in [2.45, 2.75) is 18.9 Å². The van der Waals surface area contributed by atoms with E-state index in [1.165, 1.54) is 12.1 Å². The van der Waals surface area contributed by atoms with E-state index in [0.29, 0.717) is 5.56 Å². The van der Waals surface area contributed by atoms with Crippen molar-refractivity contribution in [2.24, 2.45) is 5.84 Å². The van der Waals surface area contributed by atoms with Crippen LogP contribution in [0.4, 0.5) is 8.78 Å². The molecule has 1 aromatic rings. The summed E-state index contributed by atoms with van der Waals surface area (Å²) >= 11 is 0. The predicted octanol–water partition coefficient (Wildman–Crippen LogP) is 1.98. The van der Waals surface area contributed by atoms with E-state index < -0.39 is 11.6 Å². The van der Waals surface area contributed by atoms with E-state index in [0.717, 1.165) is 25.5 Å². The lowest BCUT2D eigenvalue weighted by atomic mass is 10.0. The Kier molecular flexibility index (Phi) is 2.48. The second-order valence-electron chi connectivity index (χ2n) is 3.56. The number of hydrogen-bond acceptors (Lipinski definition) is 2. The molecule has 2 nitrogen and oxygen atoms in total. The third-order valence-corrected chi connectivity index (χ3v) is 2.62. The predicted molar refractivity (Wildman–Crippen MR) is 49.2 cm³/mol. The minimum Gasteiger partial charge on any atom is -0.268 e. The zero-order valence-corrected chi connectivity index (χ0v) is 7.71. The first-order chi connectivity index (χ1) is 6.68. The molecule has 2 rings (SSSR count). The molecule has 0 amide bonds. The van der Waals surface area contributed by atoms with Crippen LogP contribution in [-0.4, -0.2) is 11.6 Å². The van der Waals surface area contributed by atoms with Gasteiger partial charge < -0.3 is 0 Å². The molecule has 1 unspecified atom stereocenters. The Morgan fingerprint density at radius 3 is 2.71 bits per heavy atom. The maximum absolute atomic E-state index is 13.4. The van der Waals surface area contributed by atoms with Crippen LogP contribution in [0.1, 0.15) is 24.4 Å². The summed E-state index contributed by atoms with van der Waals surface area (Å²) in [5.74, 6) is 4.64. The SMILES string of the molecule is NN1CCCC1c1ccc(F)cc1F. The van der Waals surface area contributed by atoms with Crippen molar-refractivity contribution >= 4 is 0 Å². The second-order valence-corrected chi connectivity index (χ2v) is 3.56. The van der Waals surface area contributed by atoms with E-state index >= 15 is 0 Å². The molecule has 0 bridgehead atoms. The first-order valence-electron chi connectivity index (χ1n) is 4.65. The zero-order valence-electron chi connectivity index (χ0n) is 7.71. The number of benzene rings is 1. The number of nitrogens with zero attached hydrogens (tertiary/aromatic N) is 1. The van der Waals surface area contributed by atoms with Crippen molar-refractivity contribution in [1.29, 1.82) is 0 Å². The highest BCUT2D eigenvalue weighted by atomic mass is 19.1. The van der Waals surface area contributed by atoms with Gasteiger partial charge >= 0.3 is 0 Å². The maximum atomic E-state index is 13.4. The minimum atomic E-state index is -0.548. The molecule has 1 aliphatic rings. The fourth-order valence-electron chi connectivity index (χ4n) is 1.89. The second kappa shape index (κ2) is 3.63. The average molecular weight is 198 g/mol. The van der Waals surface area contributed by atoms with Crippen molar-refractivity contribution in [1.82, 2.24) is 5.01 Å². The van der Waals surface area contributed by atoms with Crippen LogP contribution in [0.5, 0.6) is 0 Å². The molecule has 1 aliphatic heterocycles. The number of rotatable bonds is 1. The number of hydrogen-bond donors (Lipinski definition) is 1. The quantitative estimate of drug-likeness (QED) is 0.699. The molecule has 0 aromatic heterocycles. The molecule has 0 aliphatic carbocycles. The van der Waals surface area contributed by atoms with Crippen LogP contribution in [0, 0.1) is 11.6 Å². The molecule has 1 aromatic carbocycles. The fraction of sp³-hybridized carbons (Fsp3) is 0.400. The Morgan fingerprint density at radius 2 is 2.14 bits per heavy atom. The summed E-state index contributed by atoms with van der Waals surface area (Å²) in [5.41, 5.74) is 0.492. The highest BCUT2D eigenvalue weighted by molar-refractivity contribution is 5.22. The van der Waals surface area contributed by atoms with Gasteiger partial charge in [-0.25, -0.2) is 13.8 Å². The highest BCUT2D eigenvalue weighted by Crippen LogP contribution is 2.30. The van der Waals surface area contributed by atoms with E-state index in [1.54, 1.807) is 5.01 Å². The zero-order chi connectivity index (χ0) is 10.1. The molecule has 4 heteroatoms. The van der Waals surface area contributed by atoms with Crippen molar-refractivity contribution < 1.29 is 8.78 Å². The summed E-state index contributed by atoms with van der Waals surface area (Å²) in [5, 5.41) is 1.61. The lowest BCUT2D eigenvalue weighted by Crippen LogP contribution is -2.30. The molecule has 76 valence electrons.